The maximum Gasteiger partial charge on any atom is 0.277 e. The van der Waals surface area contributed by atoms with Gasteiger partial charge in [-0.25, -0.2) is 5.43 Å². The lowest BCUT2D eigenvalue weighted by atomic mass is 10.0. The van der Waals surface area contributed by atoms with E-state index in [4.69, 9.17) is 4.74 Å². The molecule has 0 aliphatic heterocycles. The molecule has 138 valence electrons. The Morgan fingerprint density at radius 2 is 2.08 bits per heavy atom. The first-order chi connectivity index (χ1) is 12.3. The summed E-state index contributed by atoms with van der Waals surface area (Å²) in [6, 6.07) is 7.56. The van der Waals surface area contributed by atoms with Crippen molar-refractivity contribution in [2.24, 2.45) is 5.10 Å². The molecule has 7 heteroatoms. The molecule has 0 bridgehead atoms. The second-order valence-electron chi connectivity index (χ2n) is 6.11. The van der Waals surface area contributed by atoms with E-state index in [9.17, 15) is 4.79 Å². The van der Waals surface area contributed by atoms with Crippen LogP contribution >= 0.6 is 31.9 Å². The summed E-state index contributed by atoms with van der Waals surface area (Å²) in [6.45, 7) is 7.80. The van der Waals surface area contributed by atoms with Crippen molar-refractivity contribution in [3.05, 3.63) is 56.2 Å². The molecule has 0 fully saturated rings. The summed E-state index contributed by atoms with van der Waals surface area (Å²) in [5, 5.41) is 4.07. The Labute approximate surface area is 170 Å². The van der Waals surface area contributed by atoms with Gasteiger partial charge in [0.25, 0.3) is 5.91 Å². The molecule has 0 unspecified atom stereocenters. The third-order valence-corrected chi connectivity index (χ3v) is 5.56. The molecule has 2 rings (SSSR count). The first-order valence-electron chi connectivity index (χ1n) is 8.17. The Morgan fingerprint density at radius 1 is 1.35 bits per heavy atom. The maximum absolute atomic E-state index is 12.1. The Hall–Kier alpha value is -1.73. The first-order valence-corrected chi connectivity index (χ1v) is 9.75. The van der Waals surface area contributed by atoms with Gasteiger partial charge in [0.05, 0.1) is 15.9 Å². The standard InChI is InChI=1S/C19H21Br2N3O2/c1-11(2)14-9-15(20)12(3)18(21)19(14)26-10-17(25)24-23-13(4)16-7-5-6-8-22-16/h5-9,11H,10H2,1-4H3,(H,24,25)/b23-13+. The Balaban J connectivity index is 2.07. The highest BCUT2D eigenvalue weighted by Gasteiger charge is 2.17. The van der Waals surface area contributed by atoms with Crippen LogP contribution in [0.1, 0.15) is 43.5 Å². The minimum absolute atomic E-state index is 0.127. The zero-order valence-electron chi connectivity index (χ0n) is 15.1. The molecule has 26 heavy (non-hydrogen) atoms. The summed E-state index contributed by atoms with van der Waals surface area (Å²) in [5.41, 5.74) is 5.89. The second-order valence-corrected chi connectivity index (χ2v) is 7.75. The lowest BCUT2D eigenvalue weighted by molar-refractivity contribution is -0.123. The quantitative estimate of drug-likeness (QED) is 0.467. The van der Waals surface area contributed by atoms with Gasteiger partial charge in [-0.3, -0.25) is 9.78 Å². The fourth-order valence-corrected chi connectivity index (χ4v) is 3.51. The van der Waals surface area contributed by atoms with Crippen molar-refractivity contribution < 1.29 is 9.53 Å². The van der Waals surface area contributed by atoms with Crippen LogP contribution in [0.5, 0.6) is 5.75 Å². The molecule has 0 saturated carbocycles. The molecule has 1 aromatic heterocycles. The number of aromatic nitrogens is 1. The van der Waals surface area contributed by atoms with Crippen LogP contribution in [0.2, 0.25) is 0 Å². The number of pyridine rings is 1. The molecular formula is C19H21Br2N3O2. The van der Waals surface area contributed by atoms with E-state index in [2.05, 4.69) is 61.2 Å². The van der Waals surface area contributed by atoms with Gasteiger partial charge in [0.2, 0.25) is 0 Å². The number of carbonyl (C=O) groups is 1. The van der Waals surface area contributed by atoms with E-state index in [0.717, 1.165) is 20.1 Å². The fourth-order valence-electron chi connectivity index (χ4n) is 2.24. The predicted molar refractivity (Wildman–Crippen MR) is 111 cm³/mol. The van der Waals surface area contributed by atoms with E-state index in [1.807, 2.05) is 31.2 Å². The number of nitrogens with one attached hydrogen (secondary N) is 1. The number of ether oxygens (including phenoxy) is 1. The van der Waals surface area contributed by atoms with Gasteiger partial charge >= 0.3 is 0 Å². The number of carbonyl (C=O) groups excluding carboxylic acids is 1. The minimum Gasteiger partial charge on any atom is -0.482 e. The fraction of sp³-hybridized carbons (Fsp3) is 0.316. The Bertz CT molecular complexity index is 821. The van der Waals surface area contributed by atoms with Crippen LogP contribution in [0, 0.1) is 6.92 Å². The number of halogens is 2. The van der Waals surface area contributed by atoms with E-state index in [1.165, 1.54) is 0 Å². The topological polar surface area (TPSA) is 63.6 Å². The average molecular weight is 483 g/mol. The molecule has 0 radical (unpaired) electrons. The molecular weight excluding hydrogens is 462 g/mol. The van der Waals surface area contributed by atoms with E-state index < -0.39 is 0 Å². The summed E-state index contributed by atoms with van der Waals surface area (Å²) in [7, 11) is 0. The zero-order valence-corrected chi connectivity index (χ0v) is 18.3. The largest absolute Gasteiger partial charge is 0.482 e. The molecule has 0 atom stereocenters. The predicted octanol–water partition coefficient (Wildman–Crippen LogP) is 4.96. The number of nitrogens with zero attached hydrogens (tertiary/aromatic N) is 2. The van der Waals surface area contributed by atoms with Crippen LogP contribution in [0.15, 0.2) is 44.5 Å². The highest BCUT2D eigenvalue weighted by Crippen LogP contribution is 2.40. The number of hydrogen-bond donors (Lipinski definition) is 1. The van der Waals surface area contributed by atoms with Gasteiger partial charge in [-0.05, 0) is 65.0 Å². The van der Waals surface area contributed by atoms with Crippen molar-refractivity contribution in [2.45, 2.75) is 33.6 Å². The number of benzene rings is 1. The Morgan fingerprint density at radius 3 is 2.69 bits per heavy atom. The third-order valence-electron chi connectivity index (χ3n) is 3.78. The van der Waals surface area contributed by atoms with Gasteiger partial charge in [0, 0.05) is 10.7 Å². The van der Waals surface area contributed by atoms with Crippen molar-refractivity contribution in [1.29, 1.82) is 0 Å². The van der Waals surface area contributed by atoms with Gasteiger partial charge in [-0.15, -0.1) is 0 Å². The summed E-state index contributed by atoms with van der Waals surface area (Å²) in [4.78, 5) is 16.3. The highest BCUT2D eigenvalue weighted by atomic mass is 79.9. The van der Waals surface area contributed by atoms with Crippen LogP contribution in [0.25, 0.3) is 0 Å². The molecule has 2 aromatic rings. The minimum atomic E-state index is -0.331. The van der Waals surface area contributed by atoms with Crippen molar-refractivity contribution in [2.75, 3.05) is 6.61 Å². The van der Waals surface area contributed by atoms with Crippen LogP contribution < -0.4 is 10.2 Å². The molecule has 0 spiro atoms. The summed E-state index contributed by atoms with van der Waals surface area (Å²) in [6.07, 6.45) is 1.68. The van der Waals surface area contributed by atoms with Crippen molar-refractivity contribution >= 4 is 43.5 Å². The lowest BCUT2D eigenvalue weighted by Crippen LogP contribution is -2.26. The normalized spacial score (nSPS) is 11.6. The molecule has 1 aromatic carbocycles. The monoisotopic (exact) mass is 481 g/mol. The van der Waals surface area contributed by atoms with Gasteiger partial charge in [-0.2, -0.15) is 5.10 Å². The second kappa shape index (κ2) is 9.28. The lowest BCUT2D eigenvalue weighted by Gasteiger charge is -2.18. The molecule has 1 heterocycles. The summed E-state index contributed by atoms with van der Waals surface area (Å²) in [5.74, 6) is 0.606. The van der Waals surface area contributed by atoms with Gasteiger partial charge < -0.3 is 4.74 Å². The van der Waals surface area contributed by atoms with E-state index in [-0.39, 0.29) is 18.4 Å². The van der Waals surface area contributed by atoms with Crippen LogP contribution in [0.3, 0.4) is 0 Å². The van der Waals surface area contributed by atoms with Crippen molar-refractivity contribution in [3.63, 3.8) is 0 Å². The molecule has 0 saturated heterocycles. The number of rotatable bonds is 6. The Kier molecular flexibility index (Phi) is 7.34. The van der Waals surface area contributed by atoms with E-state index in [1.54, 1.807) is 13.1 Å². The summed E-state index contributed by atoms with van der Waals surface area (Å²) < 4.78 is 7.64. The maximum atomic E-state index is 12.1. The van der Waals surface area contributed by atoms with Crippen LogP contribution in [-0.2, 0) is 4.79 Å². The first kappa shape index (κ1) is 20.6. The number of hydrazone groups is 1. The molecule has 0 aliphatic rings. The van der Waals surface area contributed by atoms with Gasteiger partial charge in [0.15, 0.2) is 6.61 Å². The number of amides is 1. The van der Waals surface area contributed by atoms with Crippen molar-refractivity contribution in [3.8, 4) is 5.75 Å². The van der Waals surface area contributed by atoms with Crippen LogP contribution in [0.4, 0.5) is 0 Å². The van der Waals surface area contributed by atoms with Gasteiger partial charge in [-0.1, -0.05) is 35.8 Å². The summed E-state index contributed by atoms with van der Waals surface area (Å²) >= 11 is 7.12. The van der Waals surface area contributed by atoms with E-state index >= 15 is 0 Å². The third kappa shape index (κ3) is 5.14. The highest BCUT2D eigenvalue weighted by molar-refractivity contribution is 9.11. The van der Waals surface area contributed by atoms with Crippen molar-refractivity contribution in [1.82, 2.24) is 10.4 Å². The van der Waals surface area contributed by atoms with E-state index in [0.29, 0.717) is 17.2 Å². The zero-order chi connectivity index (χ0) is 19.3. The van der Waals surface area contributed by atoms with Crippen LogP contribution in [-0.4, -0.2) is 23.2 Å². The average Bonchev–Trinajstić information content (AvgIpc) is 2.63. The smallest absolute Gasteiger partial charge is 0.277 e. The molecule has 1 N–H and O–H groups in total. The molecule has 1 amide bonds. The van der Waals surface area contributed by atoms with Gasteiger partial charge in [0.1, 0.15) is 5.75 Å². The molecule has 0 aliphatic carbocycles. The molecule has 5 nitrogen and oxygen atoms in total. The number of hydrogen-bond acceptors (Lipinski definition) is 4. The SMILES string of the molecule is C/C(=N\NC(=O)COc1c(C(C)C)cc(Br)c(C)c1Br)c1ccccn1.